The van der Waals surface area contributed by atoms with Crippen LogP contribution in [0.2, 0.25) is 0 Å². The molecule has 2 rings (SSSR count). The van der Waals surface area contributed by atoms with Gasteiger partial charge in [-0.2, -0.15) is 13.2 Å². The quantitative estimate of drug-likeness (QED) is 0.757. The Morgan fingerprint density at radius 3 is 2.67 bits per heavy atom. The summed E-state index contributed by atoms with van der Waals surface area (Å²) >= 11 is 0. The predicted molar refractivity (Wildman–Crippen MR) is 61.1 cm³/mol. The summed E-state index contributed by atoms with van der Waals surface area (Å²) in [6.45, 7) is 2.61. The molecule has 1 fully saturated rings. The molecule has 0 aliphatic carbocycles. The van der Waals surface area contributed by atoms with Crippen LogP contribution in [0.15, 0.2) is 24.3 Å². The zero-order chi connectivity index (χ0) is 13.3. The zero-order valence-corrected chi connectivity index (χ0v) is 10.00. The van der Waals surface area contributed by atoms with E-state index in [4.69, 9.17) is 0 Å². The summed E-state index contributed by atoms with van der Waals surface area (Å²) in [5, 5.41) is 0. The molecule has 0 aromatic heterocycles. The van der Waals surface area contributed by atoms with Gasteiger partial charge in [-0.15, -0.1) is 0 Å². The van der Waals surface area contributed by atoms with E-state index >= 15 is 0 Å². The van der Waals surface area contributed by atoms with Crippen molar-refractivity contribution in [2.75, 3.05) is 13.1 Å². The van der Waals surface area contributed by atoms with Crippen LogP contribution < -0.4 is 0 Å². The lowest BCUT2D eigenvalue weighted by Gasteiger charge is -2.15. The lowest BCUT2D eigenvalue weighted by molar-refractivity contribution is -0.137. The Balaban J connectivity index is 2.18. The van der Waals surface area contributed by atoms with E-state index in [0.717, 1.165) is 12.5 Å². The van der Waals surface area contributed by atoms with Gasteiger partial charge in [0.05, 0.1) is 5.56 Å². The van der Waals surface area contributed by atoms with Crippen molar-refractivity contribution in [3.63, 3.8) is 0 Å². The number of likely N-dealkylation sites (tertiary alicyclic amines) is 1. The molecule has 1 aromatic rings. The molecule has 0 saturated carbocycles. The van der Waals surface area contributed by atoms with Crippen LogP contribution in [0.4, 0.5) is 13.2 Å². The minimum Gasteiger partial charge on any atom is -0.342 e. The lowest BCUT2D eigenvalue weighted by Crippen LogP contribution is -2.25. The first-order valence-corrected chi connectivity index (χ1v) is 5.80. The highest BCUT2D eigenvalue weighted by Crippen LogP contribution is 2.33. The maximum atomic E-state index is 12.6. The fourth-order valence-corrected chi connectivity index (χ4v) is 2.29. The van der Waals surface area contributed by atoms with Crippen molar-refractivity contribution in [3.05, 3.63) is 35.4 Å². The van der Waals surface area contributed by atoms with Crippen LogP contribution in [0.25, 0.3) is 0 Å². The van der Waals surface area contributed by atoms with Gasteiger partial charge in [0.15, 0.2) is 0 Å². The van der Waals surface area contributed by atoms with E-state index in [1.165, 1.54) is 19.1 Å². The van der Waals surface area contributed by atoms with Crippen LogP contribution in [-0.4, -0.2) is 23.9 Å². The van der Waals surface area contributed by atoms with Crippen LogP contribution in [0.5, 0.6) is 0 Å². The molecule has 1 heterocycles. The molecule has 1 unspecified atom stereocenters. The minimum atomic E-state index is -4.31. The third-order valence-corrected chi connectivity index (χ3v) is 3.32. The average molecular weight is 257 g/mol. The van der Waals surface area contributed by atoms with E-state index in [0.29, 0.717) is 18.7 Å². The van der Waals surface area contributed by atoms with Crippen LogP contribution in [-0.2, 0) is 11.0 Å². The average Bonchev–Trinajstić information content (AvgIpc) is 2.77. The number of halogens is 3. The van der Waals surface area contributed by atoms with Gasteiger partial charge in [0.1, 0.15) is 0 Å². The van der Waals surface area contributed by atoms with Gasteiger partial charge < -0.3 is 4.90 Å². The third-order valence-electron chi connectivity index (χ3n) is 3.32. The van der Waals surface area contributed by atoms with Gasteiger partial charge in [0.2, 0.25) is 5.91 Å². The van der Waals surface area contributed by atoms with Crippen molar-refractivity contribution in [2.24, 2.45) is 0 Å². The number of hydrogen-bond acceptors (Lipinski definition) is 1. The minimum absolute atomic E-state index is 0.0104. The summed E-state index contributed by atoms with van der Waals surface area (Å²) in [4.78, 5) is 12.9. The maximum Gasteiger partial charge on any atom is 0.416 e. The highest BCUT2D eigenvalue weighted by Gasteiger charge is 2.32. The molecule has 0 radical (unpaired) electrons. The van der Waals surface area contributed by atoms with Crippen molar-refractivity contribution in [1.29, 1.82) is 0 Å². The predicted octanol–water partition coefficient (Wildman–Crippen LogP) is 3.04. The number of carbonyl (C=O) groups is 1. The van der Waals surface area contributed by atoms with Crippen molar-refractivity contribution < 1.29 is 18.0 Å². The largest absolute Gasteiger partial charge is 0.416 e. The number of alkyl halides is 3. The Kier molecular flexibility index (Phi) is 3.32. The van der Waals surface area contributed by atoms with Gasteiger partial charge in [0.25, 0.3) is 0 Å². The van der Waals surface area contributed by atoms with Gasteiger partial charge >= 0.3 is 6.18 Å². The van der Waals surface area contributed by atoms with Crippen molar-refractivity contribution in [2.45, 2.75) is 25.4 Å². The molecule has 2 nitrogen and oxygen atoms in total. The van der Waals surface area contributed by atoms with Gasteiger partial charge in [-0.05, 0) is 18.1 Å². The number of amides is 1. The first-order chi connectivity index (χ1) is 8.38. The van der Waals surface area contributed by atoms with Gasteiger partial charge in [-0.25, -0.2) is 0 Å². The highest BCUT2D eigenvalue weighted by molar-refractivity contribution is 5.73. The monoisotopic (exact) mass is 257 g/mol. The standard InChI is InChI=1S/C13H14F3NO/c1-9(18)17-6-5-11(8-17)10-3-2-4-12(7-10)13(14,15)16/h2-4,7,11H,5-6,8H2,1H3. The Bertz CT molecular complexity index is 456. The SMILES string of the molecule is CC(=O)N1CCC(c2cccc(C(F)(F)F)c2)C1. The zero-order valence-electron chi connectivity index (χ0n) is 10.00. The van der Waals surface area contributed by atoms with E-state index < -0.39 is 11.7 Å². The second-order valence-corrected chi connectivity index (χ2v) is 4.57. The van der Waals surface area contributed by atoms with Gasteiger partial charge in [-0.3, -0.25) is 4.79 Å². The normalized spacial score (nSPS) is 20.2. The van der Waals surface area contributed by atoms with E-state index in [-0.39, 0.29) is 11.8 Å². The molecular weight excluding hydrogens is 243 g/mol. The summed E-state index contributed by atoms with van der Waals surface area (Å²) in [6, 6.07) is 5.38. The van der Waals surface area contributed by atoms with E-state index in [2.05, 4.69) is 0 Å². The molecule has 1 saturated heterocycles. The summed E-state index contributed by atoms with van der Waals surface area (Å²) in [6.07, 6.45) is -3.59. The molecule has 5 heteroatoms. The molecular formula is C13H14F3NO. The number of carbonyl (C=O) groups excluding carboxylic acids is 1. The number of rotatable bonds is 1. The molecule has 98 valence electrons. The molecule has 0 spiro atoms. The van der Waals surface area contributed by atoms with E-state index in [1.54, 1.807) is 11.0 Å². The Morgan fingerprint density at radius 2 is 2.11 bits per heavy atom. The molecule has 18 heavy (non-hydrogen) atoms. The second kappa shape index (κ2) is 4.63. The van der Waals surface area contributed by atoms with E-state index in [1.807, 2.05) is 0 Å². The van der Waals surface area contributed by atoms with Crippen molar-refractivity contribution in [1.82, 2.24) is 4.90 Å². The maximum absolute atomic E-state index is 12.6. The fourth-order valence-electron chi connectivity index (χ4n) is 2.29. The Morgan fingerprint density at radius 1 is 1.39 bits per heavy atom. The van der Waals surface area contributed by atoms with Crippen molar-refractivity contribution >= 4 is 5.91 Å². The number of benzene rings is 1. The third kappa shape index (κ3) is 2.66. The summed E-state index contributed by atoms with van der Waals surface area (Å²) in [5.41, 5.74) is 0.0369. The molecule has 1 aliphatic heterocycles. The Labute approximate surface area is 103 Å². The van der Waals surface area contributed by atoms with Gasteiger partial charge in [0, 0.05) is 25.9 Å². The number of hydrogen-bond donors (Lipinski definition) is 0. The molecule has 1 aliphatic rings. The summed E-state index contributed by atoms with van der Waals surface area (Å²) < 4.78 is 37.8. The van der Waals surface area contributed by atoms with Crippen molar-refractivity contribution in [3.8, 4) is 0 Å². The van der Waals surface area contributed by atoms with Crippen LogP contribution >= 0.6 is 0 Å². The topological polar surface area (TPSA) is 20.3 Å². The molecule has 1 atom stereocenters. The van der Waals surface area contributed by atoms with Gasteiger partial charge in [-0.1, -0.05) is 18.2 Å². The summed E-state index contributed by atoms with van der Waals surface area (Å²) in [7, 11) is 0. The van der Waals surface area contributed by atoms with Crippen LogP contribution in [0, 0.1) is 0 Å². The first kappa shape index (κ1) is 12.9. The fraction of sp³-hybridized carbons (Fsp3) is 0.462. The highest BCUT2D eigenvalue weighted by atomic mass is 19.4. The molecule has 1 amide bonds. The smallest absolute Gasteiger partial charge is 0.342 e. The van der Waals surface area contributed by atoms with Crippen LogP contribution in [0.1, 0.15) is 30.4 Å². The first-order valence-electron chi connectivity index (χ1n) is 5.80. The number of nitrogens with zero attached hydrogens (tertiary/aromatic N) is 1. The molecule has 1 aromatic carbocycles. The lowest BCUT2D eigenvalue weighted by atomic mass is 9.96. The van der Waals surface area contributed by atoms with Crippen LogP contribution in [0.3, 0.4) is 0 Å². The Hall–Kier alpha value is -1.52. The molecule has 0 N–H and O–H groups in total. The molecule has 0 bridgehead atoms. The van der Waals surface area contributed by atoms with E-state index in [9.17, 15) is 18.0 Å². The summed E-state index contributed by atoms with van der Waals surface area (Å²) in [5.74, 6) is -0.0133. The second-order valence-electron chi connectivity index (χ2n) is 4.57.